The first-order valence-electron chi connectivity index (χ1n) is 10.7. The average molecular weight is 437 g/mol. The van der Waals surface area contributed by atoms with Crippen molar-refractivity contribution in [1.29, 1.82) is 0 Å². The van der Waals surface area contributed by atoms with Crippen molar-refractivity contribution in [2.75, 3.05) is 12.3 Å². The third-order valence-electron chi connectivity index (χ3n) is 4.01. The quantitative estimate of drug-likeness (QED) is 0.636. The van der Waals surface area contributed by atoms with Gasteiger partial charge in [-0.2, -0.15) is 18.2 Å². The third-order valence-corrected chi connectivity index (χ3v) is 5.17. The highest BCUT2D eigenvalue weighted by molar-refractivity contribution is 7.89. The van der Waals surface area contributed by atoms with Crippen LogP contribution in [0.15, 0.2) is 35.4 Å². The molecular formula is C17H19F3N4O4S. The molecule has 2 aromatic rings. The molecule has 1 aromatic carbocycles. The number of hydrogen-bond donors (Lipinski definition) is 3. The second kappa shape index (κ2) is 8.13. The summed E-state index contributed by atoms with van der Waals surface area (Å²) in [7, 11) is -4.34. The van der Waals surface area contributed by atoms with E-state index in [-0.39, 0.29) is 29.4 Å². The van der Waals surface area contributed by atoms with Gasteiger partial charge >= 0.3 is 6.18 Å². The molecule has 1 heterocycles. The van der Waals surface area contributed by atoms with Gasteiger partial charge in [-0.3, -0.25) is 0 Å². The van der Waals surface area contributed by atoms with Crippen LogP contribution in [0.25, 0.3) is 0 Å². The molecule has 158 valence electrons. The Kier molecular flexibility index (Phi) is 4.32. The maximum absolute atomic E-state index is 13.4. The molecule has 3 rings (SSSR count). The smallest absolute Gasteiger partial charge is 0.423 e. The molecule has 8 nitrogen and oxygen atoms in total. The summed E-state index contributed by atoms with van der Waals surface area (Å²) in [6.07, 6.45) is -9.47. The number of sulfonamides is 1. The van der Waals surface area contributed by atoms with E-state index in [1.54, 1.807) is 0 Å². The number of ether oxygens (including phenoxy) is 1. The number of nitrogens with one attached hydrogen (secondary N) is 2. The second-order valence-corrected chi connectivity index (χ2v) is 7.73. The summed E-state index contributed by atoms with van der Waals surface area (Å²) in [4.78, 5) is 6.91. The summed E-state index contributed by atoms with van der Waals surface area (Å²) < 4.78 is 107. The van der Waals surface area contributed by atoms with Crippen LogP contribution in [-0.4, -0.2) is 42.7 Å². The molecule has 29 heavy (non-hydrogen) atoms. The van der Waals surface area contributed by atoms with Crippen LogP contribution in [0.5, 0.6) is 5.88 Å². The van der Waals surface area contributed by atoms with Gasteiger partial charge in [0.05, 0.1) is 11.0 Å². The van der Waals surface area contributed by atoms with Gasteiger partial charge in [-0.05, 0) is 50.5 Å². The molecule has 0 aliphatic heterocycles. The normalized spacial score (nSPS) is 24.6. The molecule has 1 saturated carbocycles. The van der Waals surface area contributed by atoms with E-state index in [1.807, 2.05) is 0 Å². The molecule has 1 fully saturated rings. The van der Waals surface area contributed by atoms with Crippen molar-refractivity contribution in [2.45, 2.75) is 42.5 Å². The maximum Gasteiger partial charge on any atom is 0.423 e. The SMILES string of the molecule is [2H]C1([2H])C[C@H](O)[C@H](Oc2nc(Nc3ccc(S(=O)(=O)NC([2H])([2H])[2H])cc3)ncc2C(F)(F)F)C1. The number of aliphatic hydroxyl groups excluding tert-OH is 1. The molecule has 0 amide bonds. The van der Waals surface area contributed by atoms with Crippen molar-refractivity contribution in [1.82, 2.24) is 14.7 Å². The number of alkyl halides is 3. The van der Waals surface area contributed by atoms with Crippen LogP contribution in [0.4, 0.5) is 24.8 Å². The molecular weight excluding hydrogens is 413 g/mol. The number of benzene rings is 1. The summed E-state index contributed by atoms with van der Waals surface area (Å²) in [6, 6.07) is 4.56. The minimum atomic E-state index is -4.89. The van der Waals surface area contributed by atoms with Crippen LogP contribution < -0.4 is 14.8 Å². The number of hydrogen-bond acceptors (Lipinski definition) is 7. The first-order chi connectivity index (χ1) is 15.5. The summed E-state index contributed by atoms with van der Waals surface area (Å²) >= 11 is 0. The molecule has 1 aromatic heterocycles. The monoisotopic (exact) mass is 437 g/mol. The van der Waals surface area contributed by atoms with Crippen molar-refractivity contribution in [3.8, 4) is 5.88 Å². The lowest BCUT2D eigenvalue weighted by Crippen LogP contribution is -2.27. The summed E-state index contributed by atoms with van der Waals surface area (Å²) in [5, 5.41) is 12.5. The van der Waals surface area contributed by atoms with E-state index in [0.29, 0.717) is 6.20 Å². The van der Waals surface area contributed by atoms with Gasteiger partial charge in [-0.15, -0.1) is 0 Å². The zero-order valence-corrected chi connectivity index (χ0v) is 15.4. The Labute approximate surface area is 172 Å². The van der Waals surface area contributed by atoms with Crippen LogP contribution in [-0.2, 0) is 16.2 Å². The molecule has 2 atom stereocenters. The van der Waals surface area contributed by atoms with Gasteiger partial charge in [0.2, 0.25) is 21.9 Å². The van der Waals surface area contributed by atoms with Crippen molar-refractivity contribution in [3.05, 3.63) is 36.0 Å². The van der Waals surface area contributed by atoms with E-state index in [0.717, 1.165) is 12.1 Å². The molecule has 0 spiro atoms. The Balaban J connectivity index is 1.83. The van der Waals surface area contributed by atoms with Crippen molar-refractivity contribution in [2.24, 2.45) is 0 Å². The molecule has 3 N–H and O–H groups in total. The van der Waals surface area contributed by atoms with Gasteiger partial charge in [0.25, 0.3) is 0 Å². The number of rotatable bonds is 6. The van der Waals surface area contributed by atoms with Crippen LogP contribution in [0.3, 0.4) is 0 Å². The first-order valence-corrected chi connectivity index (χ1v) is 9.64. The van der Waals surface area contributed by atoms with E-state index in [2.05, 4.69) is 15.3 Å². The predicted molar refractivity (Wildman–Crippen MR) is 97.3 cm³/mol. The van der Waals surface area contributed by atoms with E-state index in [9.17, 15) is 26.7 Å². The lowest BCUT2D eigenvalue weighted by molar-refractivity contribution is -0.140. The highest BCUT2D eigenvalue weighted by Crippen LogP contribution is 2.37. The zero-order valence-electron chi connectivity index (χ0n) is 19.6. The third kappa shape index (κ3) is 4.95. The van der Waals surface area contributed by atoms with Crippen molar-refractivity contribution >= 4 is 21.7 Å². The van der Waals surface area contributed by atoms with Gasteiger partial charge < -0.3 is 15.2 Å². The Morgan fingerprint density at radius 3 is 2.62 bits per heavy atom. The van der Waals surface area contributed by atoms with Crippen LogP contribution in [0.2, 0.25) is 0 Å². The van der Waals surface area contributed by atoms with Crippen molar-refractivity contribution < 1.29 is 38.3 Å². The topological polar surface area (TPSA) is 113 Å². The van der Waals surface area contributed by atoms with Gasteiger partial charge in [-0.25, -0.2) is 18.1 Å². The van der Waals surface area contributed by atoms with E-state index in [1.165, 1.54) is 16.9 Å². The highest BCUT2D eigenvalue weighted by Gasteiger charge is 2.38. The van der Waals surface area contributed by atoms with Crippen LogP contribution in [0, 0.1) is 0 Å². The molecule has 0 bridgehead atoms. The fourth-order valence-corrected chi connectivity index (χ4v) is 3.13. The Hall–Kier alpha value is -2.44. The van der Waals surface area contributed by atoms with Gasteiger partial charge in [0, 0.05) is 18.7 Å². The van der Waals surface area contributed by atoms with E-state index in [4.69, 9.17) is 11.6 Å². The average Bonchev–Trinajstić information content (AvgIpc) is 2.91. The highest BCUT2D eigenvalue weighted by atomic mass is 32.2. The van der Waals surface area contributed by atoms with Gasteiger partial charge in [-0.1, -0.05) is 0 Å². The molecule has 1 aliphatic carbocycles. The first kappa shape index (κ1) is 15.4. The molecule has 12 heteroatoms. The molecule has 0 radical (unpaired) electrons. The predicted octanol–water partition coefficient (Wildman–Crippen LogP) is 2.44. The standard InChI is InChI=1S/C17H19F3N4O4S/c1-21-29(26,27)11-7-5-10(6-8-11)23-16-22-9-12(17(18,19)20)15(24-16)28-14-4-2-3-13(14)25/h5-9,13-14,21,25H,2-4H2,1H3,(H,22,23,24)/t13-,14+/m0/s1/i1D3,2D2. The maximum atomic E-state index is 13.4. The van der Waals surface area contributed by atoms with Crippen LogP contribution >= 0.6 is 0 Å². The lowest BCUT2D eigenvalue weighted by Gasteiger charge is -2.19. The van der Waals surface area contributed by atoms with Crippen LogP contribution in [0.1, 0.15) is 31.6 Å². The Morgan fingerprint density at radius 1 is 1.31 bits per heavy atom. The Bertz CT molecular complexity index is 1150. The minimum absolute atomic E-state index is 0.163. The van der Waals surface area contributed by atoms with Crippen molar-refractivity contribution in [3.63, 3.8) is 0 Å². The van der Waals surface area contributed by atoms with E-state index < -0.39 is 53.2 Å². The number of anilines is 2. The molecule has 1 aliphatic rings. The fourth-order valence-electron chi connectivity index (χ4n) is 2.52. The summed E-state index contributed by atoms with van der Waals surface area (Å²) in [5.41, 5.74) is -1.16. The summed E-state index contributed by atoms with van der Waals surface area (Å²) in [6.45, 7) is -2.94. The largest absolute Gasteiger partial charge is 0.471 e. The number of halogens is 3. The fraction of sp³-hybridized carbons (Fsp3) is 0.412. The van der Waals surface area contributed by atoms with E-state index >= 15 is 0 Å². The molecule has 0 unspecified atom stereocenters. The molecule has 0 saturated heterocycles. The zero-order chi connectivity index (χ0) is 25.5. The summed E-state index contributed by atoms with van der Waals surface area (Å²) in [5.74, 6) is -1.26. The Morgan fingerprint density at radius 2 is 2.03 bits per heavy atom. The van der Waals surface area contributed by atoms with Gasteiger partial charge in [0.15, 0.2) is 0 Å². The van der Waals surface area contributed by atoms with Gasteiger partial charge in [0.1, 0.15) is 11.7 Å². The number of nitrogens with zero attached hydrogens (tertiary/aromatic N) is 2. The minimum Gasteiger partial charge on any atom is -0.471 e. The number of aromatic nitrogens is 2. The lowest BCUT2D eigenvalue weighted by atomic mass is 10.2. The number of aliphatic hydroxyl groups is 1. The second-order valence-electron chi connectivity index (χ2n) is 6.05.